The maximum absolute atomic E-state index is 9.98. The molecule has 0 bridgehead atoms. The lowest BCUT2D eigenvalue weighted by Gasteiger charge is -2.60. The van der Waals surface area contributed by atoms with Crippen molar-refractivity contribution >= 4 is 0 Å². The summed E-state index contributed by atoms with van der Waals surface area (Å²) in [6.07, 6.45) is 12.2. The van der Waals surface area contributed by atoms with Crippen LogP contribution in [0, 0.1) is 23.7 Å². The number of aromatic hydroxyl groups is 2. The molecule has 2 aromatic rings. The van der Waals surface area contributed by atoms with Crippen molar-refractivity contribution in [3.8, 4) is 11.5 Å². The molecule has 3 saturated carbocycles. The number of phenols is 2. The number of phenolic OH excluding ortho intramolecular Hbond substituents is 2. The number of hydrogen-bond acceptors (Lipinski definition) is 2. The Kier molecular flexibility index (Phi) is 4.61. The first-order chi connectivity index (χ1) is 13.7. The smallest absolute Gasteiger partial charge is 0.115 e. The van der Waals surface area contributed by atoms with E-state index in [0.29, 0.717) is 23.3 Å². The zero-order valence-electron chi connectivity index (χ0n) is 16.7. The van der Waals surface area contributed by atoms with E-state index < -0.39 is 0 Å². The van der Waals surface area contributed by atoms with E-state index in [-0.39, 0.29) is 5.41 Å². The molecule has 3 aliphatic rings. The van der Waals surface area contributed by atoms with Gasteiger partial charge in [0.1, 0.15) is 11.5 Å². The first kappa shape index (κ1) is 18.1. The van der Waals surface area contributed by atoms with E-state index in [1.807, 2.05) is 24.3 Å². The van der Waals surface area contributed by atoms with Crippen LogP contribution in [0.5, 0.6) is 11.5 Å². The normalized spacial score (nSPS) is 31.6. The highest BCUT2D eigenvalue weighted by Gasteiger charge is 2.57. The van der Waals surface area contributed by atoms with Crippen LogP contribution in [0.3, 0.4) is 0 Å². The van der Waals surface area contributed by atoms with E-state index in [2.05, 4.69) is 24.3 Å². The quantitative estimate of drug-likeness (QED) is 0.636. The Morgan fingerprint density at radius 3 is 1.39 bits per heavy atom. The van der Waals surface area contributed by atoms with Crippen LogP contribution in [0.25, 0.3) is 0 Å². The fraction of sp³-hybridized carbons (Fsp3) is 0.538. The van der Waals surface area contributed by atoms with Crippen LogP contribution in [-0.4, -0.2) is 10.2 Å². The molecular weight excluding hydrogens is 344 g/mol. The van der Waals surface area contributed by atoms with E-state index in [4.69, 9.17) is 0 Å². The highest BCUT2D eigenvalue weighted by Crippen LogP contribution is 2.62. The fourth-order valence-corrected chi connectivity index (χ4v) is 7.34. The Balaban J connectivity index is 1.75. The third-order valence-corrected chi connectivity index (χ3v) is 8.28. The summed E-state index contributed by atoms with van der Waals surface area (Å²) in [5.74, 6) is 3.62. The Morgan fingerprint density at radius 1 is 0.571 bits per heavy atom. The van der Waals surface area contributed by atoms with Gasteiger partial charge in [-0.2, -0.15) is 0 Å². The Bertz CT molecular complexity index is 738. The van der Waals surface area contributed by atoms with Crippen molar-refractivity contribution in [2.24, 2.45) is 23.7 Å². The molecule has 0 heterocycles. The van der Waals surface area contributed by atoms with Gasteiger partial charge in [0, 0.05) is 5.41 Å². The summed E-state index contributed by atoms with van der Waals surface area (Å²) in [5.41, 5.74) is 2.77. The van der Waals surface area contributed by atoms with Crippen LogP contribution in [0.4, 0.5) is 0 Å². The third kappa shape index (κ3) is 2.76. The Labute approximate surface area is 168 Å². The summed E-state index contributed by atoms with van der Waals surface area (Å²) in [6.45, 7) is 0. The molecule has 0 spiro atoms. The van der Waals surface area contributed by atoms with Crippen molar-refractivity contribution in [2.75, 3.05) is 0 Å². The minimum Gasteiger partial charge on any atom is -0.508 e. The van der Waals surface area contributed by atoms with E-state index >= 15 is 0 Å². The monoisotopic (exact) mass is 376 g/mol. The Hall–Kier alpha value is -1.96. The summed E-state index contributed by atoms with van der Waals surface area (Å²) in [6, 6.07) is 16.2. The number of fused-ring (bicyclic) bond motifs is 2. The molecular formula is C26H32O2. The molecule has 0 aliphatic heterocycles. The third-order valence-electron chi connectivity index (χ3n) is 8.28. The first-order valence-corrected chi connectivity index (χ1v) is 11.3. The second-order valence-corrected chi connectivity index (χ2v) is 9.50. The SMILES string of the molecule is Oc1ccc(C2(c3ccc(O)cc3)C3CCCCC3CC3CCCCC32)cc1. The molecule has 0 aromatic heterocycles. The van der Waals surface area contributed by atoms with Gasteiger partial charge < -0.3 is 10.2 Å². The van der Waals surface area contributed by atoms with Gasteiger partial charge in [0.15, 0.2) is 0 Å². The minimum absolute atomic E-state index is 0.00975. The van der Waals surface area contributed by atoms with Gasteiger partial charge in [-0.05, 0) is 78.3 Å². The van der Waals surface area contributed by atoms with Gasteiger partial charge in [-0.15, -0.1) is 0 Å². The minimum atomic E-state index is 0.00975. The van der Waals surface area contributed by atoms with Gasteiger partial charge in [0.25, 0.3) is 0 Å². The van der Waals surface area contributed by atoms with E-state index in [9.17, 15) is 10.2 Å². The molecule has 3 fully saturated rings. The van der Waals surface area contributed by atoms with Gasteiger partial charge >= 0.3 is 0 Å². The summed E-state index contributed by atoms with van der Waals surface area (Å²) in [4.78, 5) is 0. The lowest BCUT2D eigenvalue weighted by atomic mass is 9.44. The molecule has 4 unspecified atom stereocenters. The predicted molar refractivity (Wildman–Crippen MR) is 113 cm³/mol. The second-order valence-electron chi connectivity index (χ2n) is 9.50. The largest absolute Gasteiger partial charge is 0.508 e. The van der Waals surface area contributed by atoms with Gasteiger partial charge in [-0.25, -0.2) is 0 Å². The molecule has 2 heteroatoms. The topological polar surface area (TPSA) is 40.5 Å². The van der Waals surface area contributed by atoms with Crippen LogP contribution in [0.15, 0.2) is 48.5 Å². The van der Waals surface area contributed by atoms with Crippen LogP contribution in [-0.2, 0) is 5.41 Å². The van der Waals surface area contributed by atoms with E-state index in [1.165, 1.54) is 68.9 Å². The fourth-order valence-electron chi connectivity index (χ4n) is 7.34. The highest BCUT2D eigenvalue weighted by molar-refractivity contribution is 5.46. The molecule has 0 amide bonds. The molecule has 2 nitrogen and oxygen atoms in total. The zero-order chi connectivity index (χ0) is 19.1. The van der Waals surface area contributed by atoms with Crippen molar-refractivity contribution in [3.05, 3.63) is 59.7 Å². The number of rotatable bonds is 2. The maximum atomic E-state index is 9.98. The van der Waals surface area contributed by atoms with Crippen LogP contribution in [0.1, 0.15) is 68.9 Å². The molecule has 2 N–H and O–H groups in total. The average molecular weight is 377 g/mol. The average Bonchev–Trinajstić information content (AvgIpc) is 2.73. The standard InChI is InChI=1S/C26H32O2/c27-22-13-9-20(10-14-22)26(21-11-15-23(28)16-12-21)24-7-3-1-5-18(24)17-19-6-2-4-8-25(19)26/h9-16,18-19,24-25,27-28H,1-8,17H2. The molecule has 3 aliphatic carbocycles. The molecule has 4 atom stereocenters. The molecule has 28 heavy (non-hydrogen) atoms. The van der Waals surface area contributed by atoms with Gasteiger partial charge in [0.2, 0.25) is 0 Å². The van der Waals surface area contributed by atoms with Crippen molar-refractivity contribution in [2.45, 2.75) is 63.2 Å². The molecule has 2 aromatic carbocycles. The molecule has 148 valence electrons. The first-order valence-electron chi connectivity index (χ1n) is 11.3. The summed E-state index contributed by atoms with van der Waals surface area (Å²) in [5, 5.41) is 20.0. The number of benzene rings is 2. The van der Waals surface area contributed by atoms with Crippen molar-refractivity contribution < 1.29 is 10.2 Å². The summed E-state index contributed by atoms with van der Waals surface area (Å²) >= 11 is 0. The maximum Gasteiger partial charge on any atom is 0.115 e. The molecule has 5 rings (SSSR count). The lowest BCUT2D eigenvalue weighted by molar-refractivity contribution is -0.0174. The predicted octanol–water partition coefficient (Wildman–Crippen LogP) is 6.40. The molecule has 0 radical (unpaired) electrons. The van der Waals surface area contributed by atoms with Crippen LogP contribution < -0.4 is 0 Å². The van der Waals surface area contributed by atoms with Crippen LogP contribution in [0.2, 0.25) is 0 Å². The van der Waals surface area contributed by atoms with Gasteiger partial charge in [-0.3, -0.25) is 0 Å². The van der Waals surface area contributed by atoms with Crippen molar-refractivity contribution in [1.82, 2.24) is 0 Å². The lowest BCUT2D eigenvalue weighted by Crippen LogP contribution is -2.55. The van der Waals surface area contributed by atoms with Crippen molar-refractivity contribution in [3.63, 3.8) is 0 Å². The van der Waals surface area contributed by atoms with Gasteiger partial charge in [0.05, 0.1) is 0 Å². The Morgan fingerprint density at radius 2 is 0.964 bits per heavy atom. The van der Waals surface area contributed by atoms with E-state index in [0.717, 1.165) is 11.8 Å². The highest BCUT2D eigenvalue weighted by atomic mass is 16.3. The molecule has 0 saturated heterocycles. The zero-order valence-corrected chi connectivity index (χ0v) is 16.7. The van der Waals surface area contributed by atoms with Crippen molar-refractivity contribution in [1.29, 1.82) is 0 Å². The number of hydrogen-bond donors (Lipinski definition) is 2. The van der Waals surface area contributed by atoms with Gasteiger partial charge in [-0.1, -0.05) is 62.8 Å². The second kappa shape index (κ2) is 7.13. The van der Waals surface area contributed by atoms with Crippen LogP contribution >= 0.6 is 0 Å². The van der Waals surface area contributed by atoms with E-state index in [1.54, 1.807) is 0 Å². The summed E-state index contributed by atoms with van der Waals surface area (Å²) < 4.78 is 0. The summed E-state index contributed by atoms with van der Waals surface area (Å²) in [7, 11) is 0.